The minimum Gasteiger partial charge on any atom is -0.396 e. The second-order valence-electron chi connectivity index (χ2n) is 5.02. The van der Waals surface area contributed by atoms with Crippen molar-refractivity contribution in [3.63, 3.8) is 0 Å². The topological polar surface area (TPSA) is 69.6 Å². The number of amides is 2. The van der Waals surface area contributed by atoms with Crippen LogP contribution >= 0.6 is 11.6 Å². The predicted molar refractivity (Wildman–Crippen MR) is 76.4 cm³/mol. The van der Waals surface area contributed by atoms with Gasteiger partial charge >= 0.3 is 11.8 Å². The number of aliphatic hydroxyl groups is 1. The van der Waals surface area contributed by atoms with Gasteiger partial charge in [-0.3, -0.25) is 9.59 Å². The van der Waals surface area contributed by atoms with Crippen LogP contribution in [0.4, 0.5) is 10.1 Å². The Morgan fingerprint density at radius 3 is 2.90 bits per heavy atom. The van der Waals surface area contributed by atoms with Crippen molar-refractivity contribution in [2.75, 3.05) is 25.0 Å². The van der Waals surface area contributed by atoms with Crippen LogP contribution in [0.2, 0.25) is 5.02 Å². The van der Waals surface area contributed by atoms with Crippen molar-refractivity contribution >= 4 is 29.1 Å². The first-order valence-corrected chi connectivity index (χ1v) is 7.05. The number of carbonyl (C=O) groups excluding carboxylic acids is 2. The molecule has 1 aromatic rings. The third-order valence-corrected chi connectivity index (χ3v) is 3.67. The quantitative estimate of drug-likeness (QED) is 0.816. The number of carbonyl (C=O) groups is 2. The Balaban J connectivity index is 2.00. The number of benzene rings is 1. The fraction of sp³-hybridized carbons (Fsp3) is 0.429. The Hall–Kier alpha value is -1.66. The lowest BCUT2D eigenvalue weighted by molar-refractivity contribution is -0.144. The molecule has 0 aromatic heterocycles. The number of nitrogens with zero attached hydrogens (tertiary/aromatic N) is 1. The highest BCUT2D eigenvalue weighted by molar-refractivity contribution is 6.39. The van der Waals surface area contributed by atoms with Crippen molar-refractivity contribution in [3.05, 3.63) is 29.0 Å². The number of hydrogen-bond donors (Lipinski definition) is 2. The van der Waals surface area contributed by atoms with Crippen molar-refractivity contribution in [3.8, 4) is 0 Å². The summed E-state index contributed by atoms with van der Waals surface area (Å²) in [6, 6.07) is 3.79. The van der Waals surface area contributed by atoms with Gasteiger partial charge in [0.2, 0.25) is 0 Å². The van der Waals surface area contributed by atoms with Crippen molar-refractivity contribution in [2.24, 2.45) is 5.92 Å². The number of anilines is 1. The van der Waals surface area contributed by atoms with E-state index in [1.54, 1.807) is 0 Å². The Bertz CT molecular complexity index is 553. The number of nitrogens with one attached hydrogen (secondary N) is 1. The van der Waals surface area contributed by atoms with Gasteiger partial charge in [0.25, 0.3) is 0 Å². The zero-order chi connectivity index (χ0) is 15.4. The molecular weight excluding hydrogens is 299 g/mol. The fourth-order valence-corrected chi connectivity index (χ4v) is 2.47. The van der Waals surface area contributed by atoms with Crippen LogP contribution < -0.4 is 5.32 Å². The third-order valence-electron chi connectivity index (χ3n) is 3.44. The first-order chi connectivity index (χ1) is 10.0. The van der Waals surface area contributed by atoms with Gasteiger partial charge in [-0.05, 0) is 37.0 Å². The molecule has 0 bridgehead atoms. The second kappa shape index (κ2) is 6.87. The van der Waals surface area contributed by atoms with Crippen molar-refractivity contribution < 1.29 is 19.1 Å². The van der Waals surface area contributed by atoms with Crippen LogP contribution in [0.15, 0.2) is 18.2 Å². The molecule has 114 valence electrons. The second-order valence-corrected chi connectivity index (χ2v) is 5.46. The molecule has 0 spiro atoms. The molecule has 1 unspecified atom stereocenters. The van der Waals surface area contributed by atoms with E-state index < -0.39 is 17.6 Å². The number of hydrogen-bond acceptors (Lipinski definition) is 3. The summed E-state index contributed by atoms with van der Waals surface area (Å²) >= 11 is 5.62. The van der Waals surface area contributed by atoms with Gasteiger partial charge in [-0.2, -0.15) is 0 Å². The molecule has 21 heavy (non-hydrogen) atoms. The molecule has 1 aliphatic heterocycles. The molecule has 0 saturated carbocycles. The van der Waals surface area contributed by atoms with Crippen LogP contribution in [-0.2, 0) is 9.59 Å². The fourth-order valence-electron chi connectivity index (χ4n) is 2.31. The van der Waals surface area contributed by atoms with Crippen molar-refractivity contribution in [2.45, 2.75) is 12.8 Å². The number of halogens is 2. The molecule has 0 radical (unpaired) electrons. The van der Waals surface area contributed by atoms with Gasteiger partial charge in [0.15, 0.2) is 0 Å². The molecule has 0 aliphatic carbocycles. The van der Waals surface area contributed by atoms with E-state index in [4.69, 9.17) is 16.7 Å². The lowest BCUT2D eigenvalue weighted by atomic mass is 9.99. The van der Waals surface area contributed by atoms with E-state index in [1.165, 1.54) is 17.0 Å². The molecule has 5 nitrogen and oxygen atoms in total. The van der Waals surface area contributed by atoms with Gasteiger partial charge in [-0.1, -0.05) is 11.6 Å². The molecule has 1 atom stereocenters. The van der Waals surface area contributed by atoms with Crippen LogP contribution in [0.25, 0.3) is 0 Å². The summed E-state index contributed by atoms with van der Waals surface area (Å²) in [5.41, 5.74) is -0.0894. The molecule has 2 rings (SSSR count). The first-order valence-electron chi connectivity index (χ1n) is 6.67. The molecule has 1 aliphatic rings. The maximum Gasteiger partial charge on any atom is 0.313 e. The van der Waals surface area contributed by atoms with E-state index >= 15 is 0 Å². The SMILES string of the molecule is O=C(Nc1ccc(Cl)cc1F)C(=O)N1CCCC(CO)C1. The van der Waals surface area contributed by atoms with Gasteiger partial charge in [-0.25, -0.2) is 4.39 Å². The van der Waals surface area contributed by atoms with Crippen LogP contribution in [0, 0.1) is 11.7 Å². The Morgan fingerprint density at radius 2 is 2.24 bits per heavy atom. The first kappa shape index (κ1) is 15.7. The van der Waals surface area contributed by atoms with Crippen molar-refractivity contribution in [1.82, 2.24) is 4.90 Å². The zero-order valence-corrected chi connectivity index (χ0v) is 12.1. The Kier molecular flexibility index (Phi) is 5.14. The lowest BCUT2D eigenvalue weighted by Gasteiger charge is -2.31. The molecule has 1 heterocycles. The van der Waals surface area contributed by atoms with Crippen LogP contribution in [0.1, 0.15) is 12.8 Å². The number of aliphatic hydroxyl groups excluding tert-OH is 1. The van der Waals surface area contributed by atoms with Crippen LogP contribution in [-0.4, -0.2) is 41.5 Å². The summed E-state index contributed by atoms with van der Waals surface area (Å²) in [7, 11) is 0. The van der Waals surface area contributed by atoms with E-state index in [1.807, 2.05) is 0 Å². The lowest BCUT2D eigenvalue weighted by Crippen LogP contribution is -2.45. The standard InChI is InChI=1S/C14H16ClFN2O3/c15-10-3-4-12(11(16)6-10)17-13(20)14(21)18-5-1-2-9(7-18)8-19/h3-4,6,9,19H,1-2,5,7-8H2,(H,17,20). The minimum absolute atomic E-state index is 0.0113. The van der Waals surface area contributed by atoms with E-state index in [0.717, 1.165) is 18.9 Å². The molecule has 1 aromatic carbocycles. The normalized spacial score (nSPS) is 18.4. The maximum atomic E-state index is 13.6. The smallest absolute Gasteiger partial charge is 0.313 e. The zero-order valence-electron chi connectivity index (χ0n) is 11.3. The van der Waals surface area contributed by atoms with Gasteiger partial charge in [0, 0.05) is 24.7 Å². The van der Waals surface area contributed by atoms with E-state index in [0.29, 0.717) is 13.1 Å². The molecule has 2 N–H and O–H groups in total. The summed E-state index contributed by atoms with van der Waals surface area (Å²) in [5.74, 6) is -2.32. The summed E-state index contributed by atoms with van der Waals surface area (Å²) in [4.78, 5) is 25.3. The average Bonchev–Trinajstić information content (AvgIpc) is 2.49. The van der Waals surface area contributed by atoms with Crippen molar-refractivity contribution in [1.29, 1.82) is 0 Å². The van der Waals surface area contributed by atoms with Crippen LogP contribution in [0.5, 0.6) is 0 Å². The van der Waals surface area contributed by atoms with Gasteiger partial charge in [0.05, 0.1) is 5.69 Å². The molecular formula is C14H16ClFN2O3. The van der Waals surface area contributed by atoms with Gasteiger partial charge < -0.3 is 15.3 Å². The number of likely N-dealkylation sites (tertiary alicyclic amines) is 1. The molecule has 7 heteroatoms. The predicted octanol–water partition coefficient (Wildman–Crippen LogP) is 1.65. The molecule has 1 fully saturated rings. The summed E-state index contributed by atoms with van der Waals surface area (Å²) in [6.45, 7) is 0.787. The number of rotatable bonds is 2. The molecule has 2 amide bonds. The number of piperidine rings is 1. The van der Waals surface area contributed by atoms with E-state index in [2.05, 4.69) is 5.32 Å². The summed E-state index contributed by atoms with van der Waals surface area (Å²) in [6.07, 6.45) is 1.56. The van der Waals surface area contributed by atoms with Gasteiger partial charge in [-0.15, -0.1) is 0 Å². The Morgan fingerprint density at radius 1 is 1.48 bits per heavy atom. The van der Waals surface area contributed by atoms with E-state index in [-0.39, 0.29) is 23.2 Å². The summed E-state index contributed by atoms with van der Waals surface area (Å²) < 4.78 is 13.6. The van der Waals surface area contributed by atoms with Gasteiger partial charge in [0.1, 0.15) is 5.82 Å². The maximum absolute atomic E-state index is 13.6. The van der Waals surface area contributed by atoms with Crippen LogP contribution in [0.3, 0.4) is 0 Å². The highest BCUT2D eigenvalue weighted by Crippen LogP contribution is 2.20. The average molecular weight is 315 g/mol. The minimum atomic E-state index is -0.894. The summed E-state index contributed by atoms with van der Waals surface area (Å²) in [5, 5.41) is 11.6. The monoisotopic (exact) mass is 314 g/mol. The highest BCUT2D eigenvalue weighted by Gasteiger charge is 2.27. The third kappa shape index (κ3) is 3.92. The molecule has 1 saturated heterocycles. The largest absolute Gasteiger partial charge is 0.396 e. The Labute approximate surface area is 126 Å². The van der Waals surface area contributed by atoms with E-state index in [9.17, 15) is 14.0 Å². The highest BCUT2D eigenvalue weighted by atomic mass is 35.5.